The third-order valence-electron chi connectivity index (χ3n) is 4.64. The molecule has 1 aliphatic heterocycles. The molecular weight excluding hydrogens is 312 g/mol. The number of aliphatic hydroxyl groups is 1. The second-order valence-corrected chi connectivity index (χ2v) is 7.02. The number of β-amino-alcohol motifs (C(OH)–C–C–N with tert-alkyl or cyclic N) is 1. The topological polar surface area (TPSA) is 44.7 Å². The van der Waals surface area contributed by atoms with Gasteiger partial charge >= 0.3 is 0 Å². The minimum absolute atomic E-state index is 0.385. The molecule has 4 nitrogen and oxygen atoms in total. The summed E-state index contributed by atoms with van der Waals surface area (Å²) in [6.07, 6.45) is 1.85. The number of ether oxygens (including phenoxy) is 1. The molecular formula is C18H29ClN2O2. The minimum Gasteiger partial charge on any atom is -0.389 e. The number of halogens is 1. The van der Waals surface area contributed by atoms with Gasteiger partial charge in [0.25, 0.3) is 0 Å². The van der Waals surface area contributed by atoms with E-state index >= 15 is 0 Å². The predicted molar refractivity (Wildman–Crippen MR) is 95.1 cm³/mol. The Kier molecular flexibility index (Phi) is 7.31. The molecule has 5 heteroatoms. The van der Waals surface area contributed by atoms with E-state index in [2.05, 4.69) is 24.1 Å². The first kappa shape index (κ1) is 18.7. The van der Waals surface area contributed by atoms with Gasteiger partial charge in [0, 0.05) is 31.3 Å². The van der Waals surface area contributed by atoms with Crippen LogP contribution in [-0.4, -0.2) is 55.5 Å². The quantitative estimate of drug-likeness (QED) is 0.800. The highest BCUT2D eigenvalue weighted by Gasteiger charge is 2.21. The fraction of sp³-hybridized carbons (Fsp3) is 0.667. The molecule has 0 saturated carbocycles. The molecule has 1 fully saturated rings. The summed E-state index contributed by atoms with van der Waals surface area (Å²) in [6, 6.07) is 4.61. The molecule has 0 radical (unpaired) electrons. The fourth-order valence-corrected chi connectivity index (χ4v) is 3.66. The second kappa shape index (κ2) is 9.00. The van der Waals surface area contributed by atoms with Crippen molar-refractivity contribution in [3.8, 4) is 0 Å². The van der Waals surface area contributed by atoms with Gasteiger partial charge in [-0.25, -0.2) is 0 Å². The van der Waals surface area contributed by atoms with Gasteiger partial charge in [0.15, 0.2) is 0 Å². The lowest BCUT2D eigenvalue weighted by Crippen LogP contribution is -2.45. The number of likely N-dealkylation sites (tertiary alicyclic amines) is 1. The molecule has 0 spiro atoms. The van der Waals surface area contributed by atoms with Gasteiger partial charge in [-0.3, -0.25) is 0 Å². The Morgan fingerprint density at radius 1 is 1.30 bits per heavy atom. The smallest absolute Gasteiger partial charge is 0.0900 e. The summed E-state index contributed by atoms with van der Waals surface area (Å²) in [4.78, 5) is 2.32. The number of aryl methyl sites for hydroxylation is 2. The predicted octanol–water partition coefficient (Wildman–Crippen LogP) is 2.52. The molecule has 0 bridgehead atoms. The summed E-state index contributed by atoms with van der Waals surface area (Å²) in [5.41, 5.74) is 3.86. The maximum atomic E-state index is 9.81. The van der Waals surface area contributed by atoms with E-state index in [0.717, 1.165) is 37.5 Å². The average Bonchev–Trinajstić information content (AvgIpc) is 2.48. The number of nitrogens with zero attached hydrogens (tertiary/aromatic N) is 1. The molecule has 1 aliphatic rings. The molecule has 0 aromatic heterocycles. The fourth-order valence-electron chi connectivity index (χ4n) is 3.33. The largest absolute Gasteiger partial charge is 0.389 e. The summed E-state index contributed by atoms with van der Waals surface area (Å²) >= 11 is 6.10. The van der Waals surface area contributed by atoms with Crippen molar-refractivity contribution in [1.29, 1.82) is 0 Å². The molecule has 2 N–H and O–H groups in total. The van der Waals surface area contributed by atoms with Crippen LogP contribution in [0.1, 0.15) is 29.5 Å². The maximum Gasteiger partial charge on any atom is 0.0900 e. The number of hydrogen-bond acceptors (Lipinski definition) is 4. The normalized spacial score (nSPS) is 18.3. The van der Waals surface area contributed by atoms with Crippen molar-refractivity contribution in [2.75, 3.05) is 33.4 Å². The van der Waals surface area contributed by atoms with E-state index in [4.69, 9.17) is 16.3 Å². The number of piperidine rings is 1. The van der Waals surface area contributed by atoms with Gasteiger partial charge < -0.3 is 20.1 Å². The summed E-state index contributed by atoms with van der Waals surface area (Å²) in [5, 5.41) is 14.3. The summed E-state index contributed by atoms with van der Waals surface area (Å²) < 4.78 is 4.99. The summed E-state index contributed by atoms with van der Waals surface area (Å²) in [5.74, 6) is 0. The number of benzene rings is 1. The number of rotatable bonds is 7. The first-order valence-corrected chi connectivity index (χ1v) is 8.75. The molecule has 1 heterocycles. The minimum atomic E-state index is -0.385. The van der Waals surface area contributed by atoms with Crippen LogP contribution in [0.15, 0.2) is 12.1 Å². The molecule has 23 heavy (non-hydrogen) atoms. The highest BCUT2D eigenvalue weighted by Crippen LogP contribution is 2.20. The van der Waals surface area contributed by atoms with Gasteiger partial charge in [0.1, 0.15) is 0 Å². The van der Waals surface area contributed by atoms with Crippen LogP contribution in [-0.2, 0) is 11.3 Å². The first-order valence-electron chi connectivity index (χ1n) is 8.38. The highest BCUT2D eigenvalue weighted by molar-refractivity contribution is 6.30. The monoisotopic (exact) mass is 340 g/mol. The molecule has 2 rings (SSSR count). The van der Waals surface area contributed by atoms with Crippen LogP contribution in [0, 0.1) is 13.8 Å². The van der Waals surface area contributed by atoms with Crippen LogP contribution in [0.3, 0.4) is 0 Å². The van der Waals surface area contributed by atoms with Crippen LogP contribution in [0.4, 0.5) is 0 Å². The third kappa shape index (κ3) is 5.73. The van der Waals surface area contributed by atoms with Crippen molar-refractivity contribution >= 4 is 11.6 Å². The van der Waals surface area contributed by atoms with Crippen LogP contribution in [0.5, 0.6) is 0 Å². The van der Waals surface area contributed by atoms with Crippen LogP contribution in [0.25, 0.3) is 0 Å². The zero-order chi connectivity index (χ0) is 16.8. The van der Waals surface area contributed by atoms with E-state index in [1.807, 2.05) is 12.1 Å². The van der Waals surface area contributed by atoms with Gasteiger partial charge in [-0.2, -0.15) is 0 Å². The van der Waals surface area contributed by atoms with Gasteiger partial charge in [0.2, 0.25) is 0 Å². The standard InChI is InChI=1S/C18H29ClN2O2/c1-13-8-15(19)9-14(2)18(13)10-20-16-4-6-21(7-5-16)11-17(22)12-23-3/h8-9,16-17,20,22H,4-7,10-12H2,1-3H3. The van der Waals surface area contributed by atoms with Crippen LogP contribution < -0.4 is 5.32 Å². The van der Waals surface area contributed by atoms with Gasteiger partial charge in [0.05, 0.1) is 12.7 Å². The Balaban J connectivity index is 1.77. The van der Waals surface area contributed by atoms with E-state index in [0.29, 0.717) is 19.2 Å². The second-order valence-electron chi connectivity index (χ2n) is 6.58. The zero-order valence-corrected chi connectivity index (χ0v) is 15.2. The van der Waals surface area contributed by atoms with Crippen LogP contribution >= 0.6 is 11.6 Å². The molecule has 1 saturated heterocycles. The maximum absolute atomic E-state index is 9.81. The third-order valence-corrected chi connectivity index (χ3v) is 4.86. The first-order chi connectivity index (χ1) is 11.0. The average molecular weight is 341 g/mol. The van der Waals surface area contributed by atoms with Crippen molar-refractivity contribution in [1.82, 2.24) is 10.2 Å². The summed E-state index contributed by atoms with van der Waals surface area (Å²) in [6.45, 7) is 8.30. The van der Waals surface area contributed by atoms with Crippen molar-refractivity contribution in [3.05, 3.63) is 33.8 Å². The number of methoxy groups -OCH3 is 1. The Labute approximate surface area is 144 Å². The van der Waals surface area contributed by atoms with Crippen molar-refractivity contribution in [2.24, 2.45) is 0 Å². The SMILES string of the molecule is COCC(O)CN1CCC(NCc2c(C)cc(Cl)cc2C)CC1. The van der Waals surface area contributed by atoms with Crippen molar-refractivity contribution < 1.29 is 9.84 Å². The lowest BCUT2D eigenvalue weighted by atomic mass is 10.0. The summed E-state index contributed by atoms with van der Waals surface area (Å²) in [7, 11) is 1.63. The Morgan fingerprint density at radius 2 is 1.91 bits per heavy atom. The van der Waals surface area contributed by atoms with Crippen LogP contribution in [0.2, 0.25) is 5.02 Å². The highest BCUT2D eigenvalue weighted by atomic mass is 35.5. The van der Waals surface area contributed by atoms with E-state index in [1.54, 1.807) is 7.11 Å². The van der Waals surface area contributed by atoms with Crippen molar-refractivity contribution in [3.63, 3.8) is 0 Å². The molecule has 130 valence electrons. The van der Waals surface area contributed by atoms with E-state index in [1.165, 1.54) is 16.7 Å². The lowest BCUT2D eigenvalue weighted by molar-refractivity contribution is 0.0310. The van der Waals surface area contributed by atoms with Gasteiger partial charge in [-0.05, 0) is 68.6 Å². The number of nitrogens with one attached hydrogen (secondary N) is 1. The van der Waals surface area contributed by atoms with E-state index in [9.17, 15) is 5.11 Å². The number of aliphatic hydroxyl groups excluding tert-OH is 1. The molecule has 0 amide bonds. The zero-order valence-electron chi connectivity index (χ0n) is 14.4. The molecule has 1 aromatic carbocycles. The Bertz CT molecular complexity index is 479. The van der Waals surface area contributed by atoms with E-state index < -0.39 is 0 Å². The number of hydrogen-bond donors (Lipinski definition) is 2. The Hall–Kier alpha value is -0.650. The lowest BCUT2D eigenvalue weighted by Gasteiger charge is -2.33. The Morgan fingerprint density at radius 3 is 2.48 bits per heavy atom. The molecule has 1 aromatic rings. The molecule has 1 atom stereocenters. The molecule has 0 aliphatic carbocycles. The van der Waals surface area contributed by atoms with Gasteiger partial charge in [-0.15, -0.1) is 0 Å². The van der Waals surface area contributed by atoms with E-state index in [-0.39, 0.29) is 6.10 Å². The van der Waals surface area contributed by atoms with Gasteiger partial charge in [-0.1, -0.05) is 11.6 Å². The molecule has 1 unspecified atom stereocenters. The van der Waals surface area contributed by atoms with Crippen molar-refractivity contribution in [2.45, 2.75) is 45.4 Å².